The smallest absolute Gasteiger partial charge is 0.403 e. The second kappa shape index (κ2) is 5.97. The molecule has 5 heteroatoms. The van der Waals surface area contributed by atoms with Crippen LogP contribution in [0.15, 0.2) is 30.3 Å². The number of ether oxygens (including phenoxy) is 2. The lowest BCUT2D eigenvalue weighted by Gasteiger charge is -2.32. The molecule has 0 amide bonds. The minimum atomic E-state index is -0.331. The molecule has 120 valence electrons. The lowest BCUT2D eigenvalue weighted by molar-refractivity contribution is -0.0488. The Labute approximate surface area is 133 Å². The first-order chi connectivity index (χ1) is 10.4. The van der Waals surface area contributed by atoms with E-state index in [0.29, 0.717) is 13.2 Å². The lowest BCUT2D eigenvalue weighted by Crippen LogP contribution is -2.41. The number of rotatable bonds is 4. The van der Waals surface area contributed by atoms with Crippen molar-refractivity contribution in [2.24, 2.45) is 0 Å². The SMILES string of the molecule is CC1(C)OB(C(CC2OCCO2)c2ccccc2)OC1(C)C. The van der Waals surface area contributed by atoms with Crippen LogP contribution in [0.4, 0.5) is 0 Å². The fraction of sp³-hybridized carbons (Fsp3) is 0.647. The standard InChI is InChI=1S/C17H25BO4/c1-16(2)17(3,4)22-18(21-16)14(12-15-19-10-11-20-15)13-8-6-5-7-9-13/h5-9,14-15H,10-12H2,1-4H3. The van der Waals surface area contributed by atoms with E-state index in [2.05, 4.69) is 39.8 Å². The lowest BCUT2D eigenvalue weighted by atomic mass is 9.66. The van der Waals surface area contributed by atoms with Gasteiger partial charge in [-0.1, -0.05) is 30.3 Å². The Balaban J connectivity index is 1.83. The average Bonchev–Trinajstić information content (AvgIpc) is 3.04. The summed E-state index contributed by atoms with van der Waals surface area (Å²) in [5.74, 6) is 0.0883. The molecule has 0 aromatic heterocycles. The Morgan fingerprint density at radius 1 is 1.00 bits per heavy atom. The van der Waals surface area contributed by atoms with Crippen LogP contribution in [0, 0.1) is 0 Å². The van der Waals surface area contributed by atoms with Crippen LogP contribution in [-0.2, 0) is 18.8 Å². The van der Waals surface area contributed by atoms with Crippen LogP contribution < -0.4 is 0 Å². The summed E-state index contributed by atoms with van der Waals surface area (Å²) >= 11 is 0. The molecule has 0 spiro atoms. The van der Waals surface area contributed by atoms with Gasteiger partial charge < -0.3 is 18.8 Å². The third-order valence-electron chi connectivity index (χ3n) is 4.96. The molecule has 22 heavy (non-hydrogen) atoms. The molecule has 2 aliphatic rings. The molecular weight excluding hydrogens is 279 g/mol. The Kier molecular flexibility index (Phi) is 4.34. The van der Waals surface area contributed by atoms with Gasteiger partial charge in [0.15, 0.2) is 6.29 Å². The van der Waals surface area contributed by atoms with Crippen molar-refractivity contribution in [2.75, 3.05) is 13.2 Å². The molecule has 0 aliphatic carbocycles. The maximum absolute atomic E-state index is 6.26. The zero-order valence-corrected chi connectivity index (χ0v) is 13.9. The summed E-state index contributed by atoms with van der Waals surface area (Å²) in [5, 5.41) is 0. The van der Waals surface area contributed by atoms with E-state index in [1.165, 1.54) is 5.56 Å². The van der Waals surface area contributed by atoms with E-state index in [1.807, 2.05) is 18.2 Å². The van der Waals surface area contributed by atoms with Crippen LogP contribution in [0.25, 0.3) is 0 Å². The summed E-state index contributed by atoms with van der Waals surface area (Å²) in [6.07, 6.45) is 0.560. The second-order valence-corrected chi connectivity index (χ2v) is 7.05. The summed E-state index contributed by atoms with van der Waals surface area (Å²) < 4.78 is 23.8. The van der Waals surface area contributed by atoms with Gasteiger partial charge in [0, 0.05) is 12.2 Å². The van der Waals surface area contributed by atoms with E-state index in [0.717, 1.165) is 6.42 Å². The van der Waals surface area contributed by atoms with Crippen LogP contribution in [-0.4, -0.2) is 37.8 Å². The Morgan fingerprint density at radius 2 is 1.55 bits per heavy atom. The van der Waals surface area contributed by atoms with Crippen molar-refractivity contribution in [1.29, 1.82) is 0 Å². The Morgan fingerprint density at radius 3 is 2.09 bits per heavy atom. The van der Waals surface area contributed by atoms with Crippen molar-refractivity contribution in [2.45, 2.75) is 57.4 Å². The number of hydrogen-bond acceptors (Lipinski definition) is 4. The number of benzene rings is 1. The normalized spacial score (nSPS) is 25.5. The molecule has 0 radical (unpaired) electrons. The van der Waals surface area contributed by atoms with Gasteiger partial charge in [-0.25, -0.2) is 0 Å². The van der Waals surface area contributed by atoms with E-state index in [-0.39, 0.29) is 30.4 Å². The van der Waals surface area contributed by atoms with Gasteiger partial charge in [-0.15, -0.1) is 0 Å². The molecule has 4 nitrogen and oxygen atoms in total. The molecule has 1 unspecified atom stereocenters. The molecule has 3 rings (SSSR count). The highest BCUT2D eigenvalue weighted by atomic mass is 16.7. The summed E-state index contributed by atoms with van der Waals surface area (Å²) in [6, 6.07) is 10.3. The van der Waals surface area contributed by atoms with Gasteiger partial charge in [0.25, 0.3) is 0 Å². The summed E-state index contributed by atoms with van der Waals surface area (Å²) in [6.45, 7) is 9.65. The van der Waals surface area contributed by atoms with Gasteiger partial charge in [0.1, 0.15) is 0 Å². The highest BCUT2D eigenvalue weighted by Gasteiger charge is 2.54. The zero-order chi connectivity index (χ0) is 15.8. The highest BCUT2D eigenvalue weighted by Crippen LogP contribution is 2.42. The molecule has 2 saturated heterocycles. The third kappa shape index (κ3) is 3.09. The Hall–Kier alpha value is -0.875. The molecule has 2 aliphatic heterocycles. The zero-order valence-electron chi connectivity index (χ0n) is 13.9. The topological polar surface area (TPSA) is 36.9 Å². The fourth-order valence-electron chi connectivity index (χ4n) is 2.91. The van der Waals surface area contributed by atoms with Gasteiger partial charge in [-0.3, -0.25) is 0 Å². The van der Waals surface area contributed by atoms with Gasteiger partial charge >= 0.3 is 7.12 Å². The van der Waals surface area contributed by atoms with Crippen LogP contribution in [0.2, 0.25) is 0 Å². The monoisotopic (exact) mass is 304 g/mol. The molecule has 1 atom stereocenters. The van der Waals surface area contributed by atoms with E-state index in [9.17, 15) is 0 Å². The van der Waals surface area contributed by atoms with Crippen molar-refractivity contribution in [1.82, 2.24) is 0 Å². The van der Waals surface area contributed by atoms with E-state index >= 15 is 0 Å². The minimum Gasteiger partial charge on any atom is -0.403 e. The first-order valence-electron chi connectivity index (χ1n) is 8.03. The molecule has 0 bridgehead atoms. The van der Waals surface area contributed by atoms with Crippen LogP contribution >= 0.6 is 0 Å². The maximum Gasteiger partial charge on any atom is 0.466 e. The molecule has 2 heterocycles. The second-order valence-electron chi connectivity index (χ2n) is 7.05. The van der Waals surface area contributed by atoms with Crippen LogP contribution in [0.5, 0.6) is 0 Å². The Bertz CT molecular complexity index is 481. The van der Waals surface area contributed by atoms with Gasteiger partial charge in [0.2, 0.25) is 0 Å². The van der Waals surface area contributed by atoms with Crippen molar-refractivity contribution < 1.29 is 18.8 Å². The van der Waals surface area contributed by atoms with Crippen molar-refractivity contribution in [3.05, 3.63) is 35.9 Å². The largest absolute Gasteiger partial charge is 0.466 e. The molecule has 0 N–H and O–H groups in total. The van der Waals surface area contributed by atoms with Gasteiger partial charge in [0.05, 0.1) is 24.4 Å². The molecule has 1 aromatic rings. The van der Waals surface area contributed by atoms with Crippen molar-refractivity contribution >= 4 is 7.12 Å². The van der Waals surface area contributed by atoms with Gasteiger partial charge in [-0.2, -0.15) is 0 Å². The summed E-state index contributed by atoms with van der Waals surface area (Å²) in [5.41, 5.74) is 0.532. The third-order valence-corrected chi connectivity index (χ3v) is 4.96. The first-order valence-corrected chi connectivity index (χ1v) is 8.03. The predicted molar refractivity (Wildman–Crippen MR) is 85.6 cm³/mol. The van der Waals surface area contributed by atoms with Crippen molar-refractivity contribution in [3.63, 3.8) is 0 Å². The van der Waals surface area contributed by atoms with Crippen LogP contribution in [0.1, 0.15) is 45.5 Å². The van der Waals surface area contributed by atoms with Crippen molar-refractivity contribution in [3.8, 4) is 0 Å². The predicted octanol–water partition coefficient (Wildman–Crippen LogP) is 3.16. The molecule has 1 aromatic carbocycles. The highest BCUT2D eigenvalue weighted by molar-refractivity contribution is 6.47. The number of hydrogen-bond donors (Lipinski definition) is 0. The summed E-state index contributed by atoms with van der Waals surface area (Å²) in [7, 11) is -0.291. The molecule has 0 saturated carbocycles. The van der Waals surface area contributed by atoms with Crippen LogP contribution in [0.3, 0.4) is 0 Å². The molecular formula is C17H25BO4. The first kappa shape index (κ1) is 16.0. The van der Waals surface area contributed by atoms with E-state index in [1.54, 1.807) is 0 Å². The maximum atomic E-state index is 6.26. The fourth-order valence-corrected chi connectivity index (χ4v) is 2.91. The van der Waals surface area contributed by atoms with E-state index in [4.69, 9.17) is 18.8 Å². The van der Waals surface area contributed by atoms with Gasteiger partial charge in [-0.05, 0) is 33.3 Å². The molecule has 2 fully saturated rings. The quantitative estimate of drug-likeness (QED) is 0.801. The van der Waals surface area contributed by atoms with E-state index < -0.39 is 0 Å². The minimum absolute atomic E-state index is 0.0883. The summed E-state index contributed by atoms with van der Waals surface area (Å²) in [4.78, 5) is 0. The average molecular weight is 304 g/mol.